The number of aromatic nitrogens is 19. The molecular formula is C90H127N19O2S2. The molecule has 0 radical (unpaired) electrons. The Labute approximate surface area is 680 Å². The Morgan fingerprint density at radius 3 is 1.13 bits per heavy atom. The van der Waals surface area contributed by atoms with E-state index in [4.69, 9.17) is 8.83 Å². The molecule has 0 unspecified atom stereocenters. The summed E-state index contributed by atoms with van der Waals surface area (Å²) in [7, 11) is 3.94. The fourth-order valence-corrected chi connectivity index (χ4v) is 11.2. The molecule has 0 fully saturated rings. The molecule has 0 aliphatic carbocycles. The topological polar surface area (TPSA) is 230 Å². The van der Waals surface area contributed by atoms with Gasteiger partial charge in [0.2, 0.25) is 5.78 Å². The largest absolute Gasteiger partial charge is 0.441 e. The molecule has 113 heavy (non-hydrogen) atoms. The molecule has 21 nitrogen and oxygen atoms in total. The standard InChI is InChI=1S/2C9H10N2.3C8H9N3.C8H7NO.C8H7NS.C7H6N2O.C7H6N2S.9C2H6/c2*1-7-8(2)11-6-4-3-5-9(11)10-7;2*1-6-10-7-4-3-5-9-8(7)11(6)2;1-6-7(2)11-5-3-4-9-8(11)10-6;2*1-6-9-7-4-2-3-5-8(7)10-6;2*1-5-9-7-6(10-5)3-2-4-8-7;9*1-2/h2*3-6H,1-2H3;3*3-5H,1-2H3;2*2-5H,1H3;2*2-4H,1H3;9*1-2H3. The van der Waals surface area contributed by atoms with Crippen LogP contribution in [0.15, 0.2) is 198 Å². The summed E-state index contributed by atoms with van der Waals surface area (Å²) in [6.45, 7) is 59.9. The number of hydrogen-bond acceptors (Lipinski definition) is 18. The van der Waals surface area contributed by atoms with E-state index in [9.17, 15) is 0 Å². The van der Waals surface area contributed by atoms with Gasteiger partial charge in [0.1, 0.15) is 39.5 Å². The Morgan fingerprint density at radius 1 is 0.283 bits per heavy atom. The van der Waals surface area contributed by atoms with E-state index >= 15 is 0 Å². The first kappa shape index (κ1) is 99.7. The number of hydrogen-bond donors (Lipinski definition) is 0. The van der Waals surface area contributed by atoms with Crippen LogP contribution in [0.1, 0.15) is 192 Å². The van der Waals surface area contributed by atoms with Crippen LogP contribution in [0.4, 0.5) is 0 Å². The molecule has 0 atom stereocenters. The van der Waals surface area contributed by atoms with E-state index < -0.39 is 0 Å². The number of para-hydroxylation sites is 3. The van der Waals surface area contributed by atoms with Crippen molar-refractivity contribution in [3.05, 3.63) is 257 Å². The van der Waals surface area contributed by atoms with E-state index in [-0.39, 0.29) is 0 Å². The van der Waals surface area contributed by atoms with Crippen LogP contribution in [0.3, 0.4) is 0 Å². The van der Waals surface area contributed by atoms with Crippen molar-refractivity contribution in [2.45, 2.75) is 208 Å². The van der Waals surface area contributed by atoms with Crippen LogP contribution in [0, 0.1) is 83.1 Å². The van der Waals surface area contributed by atoms with Gasteiger partial charge in [0.15, 0.2) is 45.5 Å². The Morgan fingerprint density at radius 2 is 0.655 bits per heavy atom. The summed E-state index contributed by atoms with van der Waals surface area (Å²) in [6.07, 6.45) is 14.8. The molecule has 0 saturated carbocycles. The molecule has 0 aliphatic rings. The molecule has 16 aromatic heterocycles. The third-order valence-corrected chi connectivity index (χ3v) is 16.8. The molecule has 2 aromatic carbocycles. The Balaban J connectivity index is 0.000000620. The highest BCUT2D eigenvalue weighted by Gasteiger charge is 2.07. The summed E-state index contributed by atoms with van der Waals surface area (Å²) < 4.78 is 23.0. The van der Waals surface area contributed by atoms with Gasteiger partial charge in [-0.05, 0) is 172 Å². The van der Waals surface area contributed by atoms with Gasteiger partial charge in [-0.2, -0.15) is 4.98 Å². The van der Waals surface area contributed by atoms with Crippen LogP contribution in [-0.2, 0) is 14.1 Å². The third kappa shape index (κ3) is 30.4. The second-order valence-electron chi connectivity index (χ2n) is 21.6. The van der Waals surface area contributed by atoms with E-state index in [2.05, 4.69) is 98.5 Å². The molecule has 0 bridgehead atoms. The maximum Gasteiger partial charge on any atom is 0.234 e. The first-order valence-corrected chi connectivity index (χ1v) is 41.1. The fourth-order valence-electron chi connectivity index (χ4n) is 9.59. The number of fused-ring (bicyclic) bond motifs is 9. The molecule has 0 amide bonds. The van der Waals surface area contributed by atoms with Gasteiger partial charge in [0.25, 0.3) is 0 Å². The zero-order valence-electron chi connectivity index (χ0n) is 73.5. The minimum absolute atomic E-state index is 0.661. The average molecular weight is 1570 g/mol. The van der Waals surface area contributed by atoms with Crippen molar-refractivity contribution < 1.29 is 8.83 Å². The third-order valence-electron chi connectivity index (χ3n) is 14.9. The lowest BCUT2D eigenvalue weighted by Crippen LogP contribution is -1.91. The Kier molecular flexibility index (Phi) is 49.4. The van der Waals surface area contributed by atoms with Crippen molar-refractivity contribution in [2.75, 3.05) is 0 Å². The predicted molar refractivity (Wildman–Crippen MR) is 482 cm³/mol. The van der Waals surface area contributed by atoms with Crippen molar-refractivity contribution in [1.82, 2.24) is 92.1 Å². The molecule has 0 saturated heterocycles. The van der Waals surface area contributed by atoms with Gasteiger partial charge in [-0.25, -0.2) is 64.8 Å². The summed E-state index contributed by atoms with van der Waals surface area (Å²) in [5.74, 6) is 4.16. The lowest BCUT2D eigenvalue weighted by atomic mass is 10.3. The van der Waals surface area contributed by atoms with Crippen molar-refractivity contribution >= 4 is 105 Å². The average Bonchev–Trinajstić information content (AvgIpc) is 1.68. The number of oxazole rings is 2. The quantitative estimate of drug-likeness (QED) is 0.137. The molecule has 16 heterocycles. The lowest BCUT2D eigenvalue weighted by molar-refractivity contribution is 0.560. The smallest absolute Gasteiger partial charge is 0.234 e. The minimum atomic E-state index is 0.661. The van der Waals surface area contributed by atoms with Gasteiger partial charge in [0.05, 0.1) is 42.0 Å². The van der Waals surface area contributed by atoms with Crippen LogP contribution in [0.25, 0.3) is 82.3 Å². The van der Waals surface area contributed by atoms with Crippen molar-refractivity contribution in [2.24, 2.45) is 14.1 Å². The molecule has 0 spiro atoms. The first-order valence-electron chi connectivity index (χ1n) is 39.4. The summed E-state index contributed by atoms with van der Waals surface area (Å²) in [6, 6.07) is 45.3. The molecule has 18 aromatic rings. The van der Waals surface area contributed by atoms with E-state index in [0.717, 1.165) is 118 Å². The highest BCUT2D eigenvalue weighted by atomic mass is 32.1. The normalized spacial score (nSPS) is 9.42. The molecule has 0 N–H and O–H groups in total. The van der Waals surface area contributed by atoms with Gasteiger partial charge < -0.3 is 26.8 Å². The molecule has 23 heteroatoms. The number of nitrogens with zero attached hydrogens (tertiary/aromatic N) is 19. The maximum atomic E-state index is 5.26. The first-order chi connectivity index (χ1) is 54.9. The number of rotatable bonds is 0. The maximum absolute atomic E-state index is 5.26. The van der Waals surface area contributed by atoms with Crippen molar-refractivity contribution in [1.29, 1.82) is 0 Å². The van der Waals surface area contributed by atoms with Crippen LogP contribution < -0.4 is 0 Å². The van der Waals surface area contributed by atoms with E-state index in [1.165, 1.54) is 20.8 Å². The van der Waals surface area contributed by atoms with Gasteiger partial charge in [-0.15, -0.1) is 22.7 Å². The Bertz CT molecular complexity index is 4640. The fraction of sp³-hybridized carbons (Fsp3) is 0.356. The highest BCUT2D eigenvalue weighted by molar-refractivity contribution is 7.18. The van der Waals surface area contributed by atoms with Gasteiger partial charge in [-0.1, -0.05) is 161 Å². The number of aryl methyl sites for hydroxylation is 14. The van der Waals surface area contributed by atoms with Crippen molar-refractivity contribution in [3.63, 3.8) is 0 Å². The summed E-state index contributed by atoms with van der Waals surface area (Å²) in [5, 5.41) is 2.22. The minimum Gasteiger partial charge on any atom is -0.441 e. The Hall–Kier alpha value is -11.3. The summed E-state index contributed by atoms with van der Waals surface area (Å²) in [5.41, 5.74) is 18.0. The van der Waals surface area contributed by atoms with Crippen LogP contribution in [0.2, 0.25) is 0 Å². The molecule has 18 rings (SSSR count). The lowest BCUT2D eigenvalue weighted by Gasteiger charge is -1.92. The van der Waals surface area contributed by atoms with E-state index in [1.54, 1.807) is 53.7 Å². The van der Waals surface area contributed by atoms with Gasteiger partial charge in [0, 0.05) is 94.6 Å². The molecule has 0 aliphatic heterocycles. The zero-order chi connectivity index (χ0) is 85.1. The van der Waals surface area contributed by atoms with Crippen LogP contribution >= 0.6 is 22.7 Å². The second kappa shape index (κ2) is 56.0. The van der Waals surface area contributed by atoms with E-state index in [0.29, 0.717) is 11.5 Å². The monoisotopic (exact) mass is 1570 g/mol. The molecular weight excluding hydrogens is 1440 g/mol. The zero-order valence-corrected chi connectivity index (χ0v) is 75.2. The van der Waals surface area contributed by atoms with Gasteiger partial charge >= 0.3 is 0 Å². The summed E-state index contributed by atoms with van der Waals surface area (Å²) >= 11 is 3.42. The van der Waals surface area contributed by atoms with E-state index in [1.807, 2.05) is 374 Å². The number of benzene rings is 2. The SMILES string of the molecule is CC.CC.CC.CC.CC.CC.CC.CC.CC.Cc1nc2ccccc2o1.Cc1nc2ccccc2s1.Cc1nc2ccccn2c1C.Cc1nc2ccccn2c1C.Cc1nc2cccnc2n1C.Cc1nc2cccnc2n1C.Cc1nc2ncccc2o1.Cc1nc2ncccc2s1.Cc1nc2ncccn2c1C. The number of imidazole rings is 5. The predicted octanol–water partition coefficient (Wildman–Crippen LogP) is 25.3. The highest BCUT2D eigenvalue weighted by Crippen LogP contribution is 2.21. The second-order valence-corrected chi connectivity index (χ2v) is 24.1. The number of thiazole rings is 2. The summed E-state index contributed by atoms with van der Waals surface area (Å²) in [4.78, 5) is 59.0. The van der Waals surface area contributed by atoms with Crippen LogP contribution in [-0.4, -0.2) is 92.1 Å². The molecule has 606 valence electrons. The number of pyridine rings is 6. The van der Waals surface area contributed by atoms with Gasteiger partial charge in [-0.3, -0.25) is 4.40 Å². The van der Waals surface area contributed by atoms with Crippen molar-refractivity contribution in [3.8, 4) is 0 Å². The van der Waals surface area contributed by atoms with Crippen LogP contribution in [0.5, 0.6) is 0 Å².